The molecule has 0 amide bonds. The lowest BCUT2D eigenvalue weighted by Gasteiger charge is -2.40. The van der Waals surface area contributed by atoms with Crippen LogP contribution in [0.5, 0.6) is 0 Å². The number of benzene rings is 2. The molecule has 2 aromatic heterocycles. The largest absolute Gasteiger partial charge is 0.400 e. The normalized spacial score (nSPS) is 15.2. The molecule has 4 aromatic rings. The van der Waals surface area contributed by atoms with Crippen LogP contribution in [0.25, 0.3) is 27.6 Å². The quantitative estimate of drug-likeness (QED) is 0.210. The van der Waals surface area contributed by atoms with Crippen molar-refractivity contribution in [1.29, 1.82) is 0 Å². The molecule has 188 valence electrons. The fraction of sp³-hybridized carbons (Fsp3) is 0.292. The van der Waals surface area contributed by atoms with Crippen LogP contribution >= 0.6 is 57.9 Å². The van der Waals surface area contributed by atoms with Crippen LogP contribution in [-0.4, -0.2) is 31.9 Å². The van der Waals surface area contributed by atoms with E-state index in [9.17, 15) is 13.2 Å². The predicted molar refractivity (Wildman–Crippen MR) is 141 cm³/mol. The van der Waals surface area contributed by atoms with E-state index in [1.165, 1.54) is 11.8 Å². The first-order valence-electron chi connectivity index (χ1n) is 11.0. The molecule has 2 aromatic carbocycles. The lowest BCUT2D eigenvalue weighted by Crippen LogP contribution is -2.47. The number of rotatable bonds is 6. The van der Waals surface area contributed by atoms with Gasteiger partial charge in [-0.15, -0.1) is 22.0 Å². The average molecular weight is 590 g/mol. The highest BCUT2D eigenvalue weighted by Crippen LogP contribution is 2.56. The molecule has 0 radical (unpaired) electrons. The number of thioether (sulfide) groups is 1. The Balaban J connectivity index is 1.73. The number of hydrogen-bond donors (Lipinski definition) is 0. The highest BCUT2D eigenvalue weighted by atomic mass is 35.5. The van der Waals surface area contributed by atoms with Crippen molar-refractivity contribution in [3.05, 3.63) is 62.5 Å². The smallest absolute Gasteiger partial charge is 0.230 e. The third-order valence-corrected chi connectivity index (χ3v) is 9.06. The van der Waals surface area contributed by atoms with Crippen molar-refractivity contribution in [2.45, 2.75) is 42.7 Å². The Hall–Kier alpha value is -1.78. The van der Waals surface area contributed by atoms with Crippen LogP contribution in [0.1, 0.15) is 31.2 Å². The molecule has 1 aliphatic carbocycles. The van der Waals surface area contributed by atoms with Gasteiger partial charge in [-0.25, -0.2) is 4.68 Å². The molecule has 4 nitrogen and oxygen atoms in total. The minimum absolute atomic E-state index is 0.0178. The maximum Gasteiger partial charge on any atom is 0.400 e. The van der Waals surface area contributed by atoms with E-state index in [0.29, 0.717) is 43.6 Å². The van der Waals surface area contributed by atoms with Crippen LogP contribution in [-0.2, 0) is 5.41 Å². The van der Waals surface area contributed by atoms with Crippen molar-refractivity contribution in [2.75, 3.05) is 5.75 Å². The first-order chi connectivity index (χ1) is 17.1. The second-order valence-electron chi connectivity index (χ2n) is 8.32. The molecule has 0 N–H and O–H groups in total. The number of aromatic nitrogens is 4. The summed E-state index contributed by atoms with van der Waals surface area (Å²) in [4.78, 5) is 0.767. The Bertz CT molecular complexity index is 1410. The van der Waals surface area contributed by atoms with E-state index in [1.807, 2.05) is 19.1 Å². The van der Waals surface area contributed by atoms with Gasteiger partial charge in [0.25, 0.3) is 0 Å². The van der Waals surface area contributed by atoms with E-state index in [4.69, 9.17) is 39.9 Å². The first kappa shape index (κ1) is 25.9. The van der Waals surface area contributed by atoms with Gasteiger partial charge in [0.15, 0.2) is 5.01 Å². The Morgan fingerprint density at radius 3 is 2.31 bits per heavy atom. The first-order valence-corrected chi connectivity index (χ1v) is 14.0. The number of nitrogens with zero attached hydrogens (tertiary/aromatic N) is 4. The molecule has 0 unspecified atom stereocenters. The van der Waals surface area contributed by atoms with Gasteiger partial charge in [-0.1, -0.05) is 71.6 Å². The summed E-state index contributed by atoms with van der Waals surface area (Å²) in [6, 6.07) is 12.3. The Kier molecular flexibility index (Phi) is 7.06. The minimum atomic E-state index is -4.38. The Morgan fingerprint density at radius 2 is 1.72 bits per heavy atom. The monoisotopic (exact) mass is 588 g/mol. The molecule has 0 atom stereocenters. The molecule has 0 aliphatic heterocycles. The zero-order valence-electron chi connectivity index (χ0n) is 18.7. The molecule has 12 heteroatoms. The van der Waals surface area contributed by atoms with Crippen LogP contribution in [0, 0.1) is 0 Å². The Labute approximate surface area is 228 Å². The summed E-state index contributed by atoms with van der Waals surface area (Å²) in [6.07, 6.45) is -3.83. The zero-order valence-corrected chi connectivity index (χ0v) is 22.6. The Morgan fingerprint density at radius 1 is 1.03 bits per heavy atom. The van der Waals surface area contributed by atoms with Crippen molar-refractivity contribution in [1.82, 2.24) is 20.0 Å². The van der Waals surface area contributed by atoms with Gasteiger partial charge in [-0.05, 0) is 48.9 Å². The van der Waals surface area contributed by atoms with E-state index >= 15 is 0 Å². The fourth-order valence-electron chi connectivity index (χ4n) is 4.17. The maximum absolute atomic E-state index is 14.0. The van der Waals surface area contributed by atoms with Crippen molar-refractivity contribution in [3.63, 3.8) is 0 Å². The number of alkyl halides is 3. The van der Waals surface area contributed by atoms with Gasteiger partial charge >= 0.3 is 6.18 Å². The van der Waals surface area contributed by atoms with Crippen LogP contribution in [0.15, 0.2) is 47.4 Å². The van der Waals surface area contributed by atoms with E-state index in [1.54, 1.807) is 35.0 Å². The summed E-state index contributed by atoms with van der Waals surface area (Å²) >= 11 is 21.3. The standard InChI is InChI=1S/C24H18Cl3F3N4S2/c1-2-35-20-18(21-31-32-22(36-21)23(10-3-11-23)24(28,29)30)33-34(17-9-8-15(26)12-16(17)27)19(20)13-4-6-14(25)7-5-13/h4-9,12H,2-3,10-11H2,1H3. The van der Waals surface area contributed by atoms with Crippen molar-refractivity contribution in [2.24, 2.45) is 0 Å². The van der Waals surface area contributed by atoms with Gasteiger partial charge in [0, 0.05) is 15.6 Å². The van der Waals surface area contributed by atoms with E-state index in [0.717, 1.165) is 27.5 Å². The van der Waals surface area contributed by atoms with Gasteiger partial charge in [-0.3, -0.25) is 0 Å². The predicted octanol–water partition coefficient (Wildman–Crippen LogP) is 9.11. The average Bonchev–Trinajstić information content (AvgIpc) is 3.38. The molecule has 1 fully saturated rings. The summed E-state index contributed by atoms with van der Waals surface area (Å²) in [5.74, 6) is 0.700. The topological polar surface area (TPSA) is 43.6 Å². The maximum atomic E-state index is 14.0. The molecule has 0 bridgehead atoms. The summed E-state index contributed by atoms with van der Waals surface area (Å²) < 4.78 is 43.5. The lowest BCUT2D eigenvalue weighted by atomic mass is 9.68. The van der Waals surface area contributed by atoms with Gasteiger partial charge < -0.3 is 0 Å². The second kappa shape index (κ2) is 9.83. The van der Waals surface area contributed by atoms with Crippen LogP contribution in [0.4, 0.5) is 13.2 Å². The molecule has 0 saturated heterocycles. The number of halogens is 6. The van der Waals surface area contributed by atoms with Gasteiger partial charge in [0.2, 0.25) is 0 Å². The zero-order chi connectivity index (χ0) is 25.7. The van der Waals surface area contributed by atoms with Crippen molar-refractivity contribution < 1.29 is 13.2 Å². The molecule has 36 heavy (non-hydrogen) atoms. The molecular formula is C24H18Cl3F3N4S2. The highest BCUT2D eigenvalue weighted by molar-refractivity contribution is 7.99. The van der Waals surface area contributed by atoms with Crippen LogP contribution in [0.2, 0.25) is 15.1 Å². The van der Waals surface area contributed by atoms with Crippen LogP contribution in [0.3, 0.4) is 0 Å². The van der Waals surface area contributed by atoms with Gasteiger partial charge in [0.1, 0.15) is 16.1 Å². The van der Waals surface area contributed by atoms with E-state index in [2.05, 4.69) is 10.2 Å². The lowest BCUT2D eigenvalue weighted by molar-refractivity contribution is -0.212. The SMILES string of the molecule is CCSc1c(-c2nnc(C3(C(F)(F)F)CCC3)s2)nn(-c2ccc(Cl)cc2Cl)c1-c1ccc(Cl)cc1. The summed E-state index contributed by atoms with van der Waals surface area (Å²) in [5.41, 5.74) is 0.644. The molecule has 1 saturated carbocycles. The molecule has 2 heterocycles. The summed E-state index contributed by atoms with van der Waals surface area (Å²) in [6.45, 7) is 1.99. The molecule has 0 spiro atoms. The van der Waals surface area contributed by atoms with Crippen molar-refractivity contribution in [3.8, 4) is 27.6 Å². The van der Waals surface area contributed by atoms with E-state index in [-0.39, 0.29) is 17.8 Å². The highest BCUT2D eigenvalue weighted by Gasteiger charge is 2.61. The number of hydrogen-bond acceptors (Lipinski definition) is 5. The molecule has 5 rings (SSSR count). The third kappa shape index (κ3) is 4.43. The fourth-order valence-corrected chi connectivity index (χ4v) is 6.86. The molecule has 1 aliphatic rings. The van der Waals surface area contributed by atoms with E-state index < -0.39 is 11.6 Å². The second-order valence-corrected chi connectivity index (χ2v) is 11.9. The minimum Gasteiger partial charge on any atom is -0.230 e. The van der Waals surface area contributed by atoms with Gasteiger partial charge in [0.05, 0.1) is 21.3 Å². The molecular weight excluding hydrogens is 572 g/mol. The summed E-state index contributed by atoms with van der Waals surface area (Å²) in [7, 11) is 0. The van der Waals surface area contributed by atoms with Crippen molar-refractivity contribution >= 4 is 57.9 Å². The van der Waals surface area contributed by atoms with Crippen LogP contribution < -0.4 is 0 Å². The van der Waals surface area contributed by atoms with Gasteiger partial charge in [-0.2, -0.15) is 18.3 Å². The summed E-state index contributed by atoms with van der Waals surface area (Å²) in [5, 5.41) is 14.8. The third-order valence-electron chi connectivity index (χ3n) is 6.17.